The van der Waals surface area contributed by atoms with E-state index < -0.39 is 0 Å². The second-order valence-corrected chi connectivity index (χ2v) is 5.75. The standard InChI is InChI=1S/C15H18BrNO3/c1-20-15(19)7-3-6-14(18)17-13-9-8-10-11(13)4-2-5-12(10)16/h2,4-5,13H,3,6-9H2,1H3,(H,17,18)/t13-/m1/s1. The van der Waals surface area contributed by atoms with Crippen LogP contribution in [0.5, 0.6) is 0 Å². The fourth-order valence-electron chi connectivity index (χ4n) is 2.52. The van der Waals surface area contributed by atoms with E-state index in [-0.39, 0.29) is 24.3 Å². The van der Waals surface area contributed by atoms with Gasteiger partial charge in [-0.2, -0.15) is 0 Å². The first-order chi connectivity index (χ1) is 9.61. The van der Waals surface area contributed by atoms with Crippen LogP contribution in [-0.2, 0) is 20.7 Å². The molecule has 0 spiro atoms. The van der Waals surface area contributed by atoms with Gasteiger partial charge in [0.25, 0.3) is 0 Å². The Morgan fingerprint density at radius 3 is 2.95 bits per heavy atom. The van der Waals surface area contributed by atoms with Gasteiger partial charge >= 0.3 is 5.97 Å². The Morgan fingerprint density at radius 2 is 2.20 bits per heavy atom. The number of rotatable bonds is 5. The van der Waals surface area contributed by atoms with Gasteiger partial charge in [-0.3, -0.25) is 9.59 Å². The number of nitrogens with one attached hydrogen (secondary N) is 1. The average Bonchev–Trinajstić information content (AvgIpc) is 2.83. The summed E-state index contributed by atoms with van der Waals surface area (Å²) in [6.45, 7) is 0. The number of halogens is 1. The number of amides is 1. The van der Waals surface area contributed by atoms with E-state index >= 15 is 0 Å². The van der Waals surface area contributed by atoms with Crippen LogP contribution in [0.25, 0.3) is 0 Å². The molecule has 1 atom stereocenters. The van der Waals surface area contributed by atoms with Gasteiger partial charge in [-0.05, 0) is 36.5 Å². The molecule has 0 bridgehead atoms. The number of fused-ring (bicyclic) bond motifs is 1. The predicted molar refractivity (Wildman–Crippen MR) is 79.2 cm³/mol. The molecule has 1 aliphatic carbocycles. The topological polar surface area (TPSA) is 55.4 Å². The second kappa shape index (κ2) is 6.88. The van der Waals surface area contributed by atoms with Gasteiger partial charge in [0, 0.05) is 17.3 Å². The maximum absolute atomic E-state index is 11.9. The normalized spacial score (nSPS) is 16.6. The maximum atomic E-state index is 11.9. The van der Waals surface area contributed by atoms with Crippen LogP contribution >= 0.6 is 15.9 Å². The van der Waals surface area contributed by atoms with Crippen LogP contribution in [0.1, 0.15) is 42.9 Å². The summed E-state index contributed by atoms with van der Waals surface area (Å²) >= 11 is 3.54. The molecule has 5 heteroatoms. The van der Waals surface area contributed by atoms with E-state index in [2.05, 4.69) is 32.0 Å². The Bertz CT molecular complexity index is 516. The second-order valence-electron chi connectivity index (χ2n) is 4.90. The molecule has 108 valence electrons. The van der Waals surface area contributed by atoms with Crippen molar-refractivity contribution in [2.45, 2.75) is 38.1 Å². The van der Waals surface area contributed by atoms with Crippen LogP contribution in [0.15, 0.2) is 22.7 Å². The minimum absolute atomic E-state index is 0.00766. The zero-order valence-corrected chi connectivity index (χ0v) is 13.0. The molecular formula is C15H18BrNO3. The molecule has 20 heavy (non-hydrogen) atoms. The Hall–Kier alpha value is -1.36. The molecule has 0 saturated carbocycles. The van der Waals surface area contributed by atoms with Crippen LogP contribution in [0, 0.1) is 0 Å². The van der Waals surface area contributed by atoms with Gasteiger partial charge in [0.05, 0.1) is 13.2 Å². The third-order valence-corrected chi connectivity index (χ3v) is 4.30. The summed E-state index contributed by atoms with van der Waals surface area (Å²) in [5.41, 5.74) is 2.48. The Labute approximate surface area is 127 Å². The summed E-state index contributed by atoms with van der Waals surface area (Å²) in [6, 6.07) is 6.17. The molecule has 0 radical (unpaired) electrons. The van der Waals surface area contributed by atoms with E-state index in [1.807, 2.05) is 12.1 Å². The number of hydrogen-bond donors (Lipinski definition) is 1. The summed E-state index contributed by atoms with van der Waals surface area (Å²) in [5, 5.41) is 3.04. The minimum Gasteiger partial charge on any atom is -0.469 e. The fraction of sp³-hybridized carbons (Fsp3) is 0.467. The highest BCUT2D eigenvalue weighted by Gasteiger charge is 2.25. The summed E-state index contributed by atoms with van der Waals surface area (Å²) < 4.78 is 5.66. The lowest BCUT2D eigenvalue weighted by Crippen LogP contribution is -2.27. The first-order valence-electron chi connectivity index (χ1n) is 6.75. The highest BCUT2D eigenvalue weighted by atomic mass is 79.9. The molecule has 1 N–H and O–H groups in total. The number of hydrogen-bond acceptors (Lipinski definition) is 3. The number of esters is 1. The van der Waals surface area contributed by atoms with Crippen LogP contribution in [0.2, 0.25) is 0 Å². The van der Waals surface area contributed by atoms with Crippen molar-refractivity contribution in [3.05, 3.63) is 33.8 Å². The third-order valence-electron chi connectivity index (χ3n) is 3.56. The highest BCUT2D eigenvalue weighted by Crippen LogP contribution is 2.35. The number of ether oxygens (including phenoxy) is 1. The monoisotopic (exact) mass is 339 g/mol. The Kier molecular flexibility index (Phi) is 5.17. The summed E-state index contributed by atoms with van der Waals surface area (Å²) in [5.74, 6) is -0.278. The molecule has 1 aromatic rings. The molecule has 0 heterocycles. The Morgan fingerprint density at radius 1 is 1.40 bits per heavy atom. The lowest BCUT2D eigenvalue weighted by Gasteiger charge is -2.14. The number of carbonyl (C=O) groups excluding carboxylic acids is 2. The summed E-state index contributed by atoms with van der Waals surface area (Å²) in [6.07, 6.45) is 3.08. The van der Waals surface area contributed by atoms with E-state index in [0.29, 0.717) is 12.8 Å². The molecule has 0 aromatic heterocycles. The van der Waals surface area contributed by atoms with Gasteiger partial charge in [0.15, 0.2) is 0 Å². The van der Waals surface area contributed by atoms with E-state index in [1.54, 1.807) is 0 Å². The van der Waals surface area contributed by atoms with Gasteiger partial charge in [0.1, 0.15) is 0 Å². The van der Waals surface area contributed by atoms with E-state index in [1.165, 1.54) is 18.2 Å². The minimum atomic E-state index is -0.270. The largest absolute Gasteiger partial charge is 0.469 e. The van der Waals surface area contributed by atoms with Crippen molar-refractivity contribution in [1.82, 2.24) is 5.32 Å². The van der Waals surface area contributed by atoms with E-state index in [4.69, 9.17) is 0 Å². The molecule has 0 saturated heterocycles. The lowest BCUT2D eigenvalue weighted by atomic mass is 10.1. The molecule has 1 amide bonds. The predicted octanol–water partition coefficient (Wildman–Crippen LogP) is 2.90. The van der Waals surface area contributed by atoms with Gasteiger partial charge < -0.3 is 10.1 Å². The van der Waals surface area contributed by atoms with Gasteiger partial charge in [-0.15, -0.1) is 0 Å². The number of methoxy groups -OCH3 is 1. The van der Waals surface area contributed by atoms with Crippen LogP contribution in [0.3, 0.4) is 0 Å². The van der Waals surface area contributed by atoms with Gasteiger partial charge in [0.2, 0.25) is 5.91 Å². The first kappa shape index (κ1) is 15.0. The molecule has 1 aliphatic rings. The molecule has 1 aromatic carbocycles. The molecule has 0 aliphatic heterocycles. The van der Waals surface area contributed by atoms with Crippen molar-refractivity contribution in [2.24, 2.45) is 0 Å². The van der Waals surface area contributed by atoms with Crippen molar-refractivity contribution >= 4 is 27.8 Å². The average molecular weight is 340 g/mol. The zero-order valence-electron chi connectivity index (χ0n) is 11.4. The van der Waals surface area contributed by atoms with Crippen molar-refractivity contribution in [1.29, 1.82) is 0 Å². The number of carbonyl (C=O) groups is 2. The quantitative estimate of drug-likeness (QED) is 0.839. The third kappa shape index (κ3) is 3.60. The van der Waals surface area contributed by atoms with Crippen LogP contribution in [-0.4, -0.2) is 19.0 Å². The van der Waals surface area contributed by atoms with Gasteiger partial charge in [-0.1, -0.05) is 28.1 Å². The molecule has 0 fully saturated rings. The van der Waals surface area contributed by atoms with E-state index in [0.717, 1.165) is 17.3 Å². The van der Waals surface area contributed by atoms with E-state index in [9.17, 15) is 9.59 Å². The lowest BCUT2D eigenvalue weighted by molar-refractivity contribution is -0.140. The van der Waals surface area contributed by atoms with Crippen LogP contribution < -0.4 is 5.32 Å². The molecule has 0 unspecified atom stereocenters. The smallest absolute Gasteiger partial charge is 0.305 e. The molecular weight excluding hydrogens is 322 g/mol. The van der Waals surface area contributed by atoms with Gasteiger partial charge in [-0.25, -0.2) is 0 Å². The highest BCUT2D eigenvalue weighted by molar-refractivity contribution is 9.10. The molecule has 4 nitrogen and oxygen atoms in total. The number of benzene rings is 1. The summed E-state index contributed by atoms with van der Waals surface area (Å²) in [7, 11) is 1.36. The maximum Gasteiger partial charge on any atom is 0.305 e. The molecule has 2 rings (SSSR count). The van der Waals surface area contributed by atoms with Crippen molar-refractivity contribution in [3.63, 3.8) is 0 Å². The zero-order chi connectivity index (χ0) is 14.5. The van der Waals surface area contributed by atoms with Crippen molar-refractivity contribution < 1.29 is 14.3 Å². The SMILES string of the molecule is COC(=O)CCCC(=O)N[C@@H]1CCc2c(Br)cccc21. The van der Waals surface area contributed by atoms with Crippen molar-refractivity contribution in [2.75, 3.05) is 7.11 Å². The Balaban J connectivity index is 1.85. The fourth-order valence-corrected chi connectivity index (χ4v) is 3.10. The first-order valence-corrected chi connectivity index (χ1v) is 7.54. The van der Waals surface area contributed by atoms with Crippen molar-refractivity contribution in [3.8, 4) is 0 Å². The van der Waals surface area contributed by atoms with Crippen LogP contribution in [0.4, 0.5) is 0 Å². The summed E-state index contributed by atoms with van der Waals surface area (Å²) in [4.78, 5) is 22.9.